The van der Waals surface area contributed by atoms with Gasteiger partial charge in [0.05, 0.1) is 43.4 Å². The lowest BCUT2D eigenvalue weighted by Crippen LogP contribution is -2.25. The van der Waals surface area contributed by atoms with Crippen molar-refractivity contribution < 1.29 is 10.0 Å². The zero-order valence-corrected chi connectivity index (χ0v) is 22.1. The summed E-state index contributed by atoms with van der Waals surface area (Å²) in [7, 11) is 0. The van der Waals surface area contributed by atoms with Gasteiger partial charge in [0.2, 0.25) is 0 Å². The lowest BCUT2D eigenvalue weighted by atomic mass is 9.84. The lowest BCUT2D eigenvalue weighted by molar-refractivity contribution is -0.384. The molecule has 0 amide bonds. The van der Waals surface area contributed by atoms with Crippen molar-refractivity contribution in [1.29, 1.82) is 0 Å². The van der Waals surface area contributed by atoms with E-state index in [1.54, 1.807) is 62.4 Å². The number of hydrogen-bond donors (Lipinski definition) is 3. The highest BCUT2D eigenvalue weighted by Gasteiger charge is 2.34. The number of nitrogens with one attached hydrogen (secondary N) is 2. The topological polar surface area (TPSA) is 139 Å². The first-order valence-corrected chi connectivity index (χ1v) is 12.5. The minimum Gasteiger partial charge on any atom is -0.508 e. The number of aromatic hydroxyl groups is 1. The van der Waals surface area contributed by atoms with E-state index in [-0.39, 0.29) is 28.1 Å². The predicted octanol–water partition coefficient (Wildman–Crippen LogP) is 5.36. The zero-order valence-electron chi connectivity index (χ0n) is 20.6. The molecular formula is C27H21Cl2N5O5. The smallest absolute Gasteiger partial charge is 0.275 e. The maximum Gasteiger partial charge on any atom is 0.275 e. The molecule has 5 rings (SSSR count). The highest BCUT2D eigenvalue weighted by Crippen LogP contribution is 2.39. The Hall–Kier alpha value is -4.54. The van der Waals surface area contributed by atoms with Crippen molar-refractivity contribution >= 4 is 28.9 Å². The highest BCUT2D eigenvalue weighted by atomic mass is 35.5. The normalized spacial score (nSPS) is 11.3. The summed E-state index contributed by atoms with van der Waals surface area (Å²) in [6, 6.07) is 16.9. The molecule has 2 heterocycles. The second kappa shape index (κ2) is 9.97. The average Bonchev–Trinajstić information content (AvgIpc) is 3.35. The van der Waals surface area contributed by atoms with Gasteiger partial charge >= 0.3 is 0 Å². The Morgan fingerprint density at radius 2 is 1.28 bits per heavy atom. The number of nitro groups is 1. The number of halogens is 2. The van der Waals surface area contributed by atoms with Crippen molar-refractivity contribution in [3.63, 3.8) is 0 Å². The molecule has 0 fully saturated rings. The number of benzene rings is 3. The fourth-order valence-electron chi connectivity index (χ4n) is 4.75. The van der Waals surface area contributed by atoms with E-state index in [1.165, 1.54) is 15.4 Å². The summed E-state index contributed by atoms with van der Waals surface area (Å²) in [6.07, 6.45) is 0. The number of aryl methyl sites for hydroxylation is 2. The van der Waals surface area contributed by atoms with E-state index >= 15 is 0 Å². The number of H-pyrrole nitrogens is 2. The molecule has 2 aromatic heterocycles. The minimum absolute atomic E-state index is 0.0141. The molecule has 0 spiro atoms. The monoisotopic (exact) mass is 565 g/mol. The van der Waals surface area contributed by atoms with Crippen LogP contribution in [0, 0.1) is 24.0 Å². The molecular weight excluding hydrogens is 545 g/mol. The summed E-state index contributed by atoms with van der Waals surface area (Å²) >= 11 is 12.7. The van der Waals surface area contributed by atoms with Crippen molar-refractivity contribution in [2.24, 2.45) is 0 Å². The minimum atomic E-state index is -1.19. The molecule has 0 aliphatic heterocycles. The fourth-order valence-corrected chi connectivity index (χ4v) is 5.19. The molecule has 0 aliphatic carbocycles. The number of para-hydroxylation sites is 2. The van der Waals surface area contributed by atoms with Crippen molar-refractivity contribution in [2.75, 3.05) is 0 Å². The van der Waals surface area contributed by atoms with Gasteiger partial charge in [-0.25, -0.2) is 9.36 Å². The third kappa shape index (κ3) is 4.43. The quantitative estimate of drug-likeness (QED) is 0.188. The molecule has 3 aromatic carbocycles. The van der Waals surface area contributed by atoms with Crippen LogP contribution in [0.5, 0.6) is 5.75 Å². The summed E-state index contributed by atoms with van der Waals surface area (Å²) in [4.78, 5) is 38.9. The molecule has 10 nitrogen and oxygen atoms in total. The van der Waals surface area contributed by atoms with Gasteiger partial charge in [0.15, 0.2) is 0 Å². The SMILES string of the molecule is Cc1[nH]n(-c2ccccc2Cl)c(=O)c1C(c1cc([N+](=O)[O-])ccc1O)c1c(C)[nH]n(-c2ccccc2Cl)c1=O. The van der Waals surface area contributed by atoms with Crippen LogP contribution in [-0.4, -0.2) is 29.6 Å². The largest absolute Gasteiger partial charge is 0.508 e. The molecule has 0 saturated heterocycles. The molecule has 0 aliphatic rings. The summed E-state index contributed by atoms with van der Waals surface area (Å²) in [5.74, 6) is -1.51. The van der Waals surface area contributed by atoms with Crippen LogP contribution in [-0.2, 0) is 0 Å². The van der Waals surface area contributed by atoms with Gasteiger partial charge in [0.25, 0.3) is 16.8 Å². The van der Waals surface area contributed by atoms with E-state index in [0.29, 0.717) is 32.8 Å². The number of aromatic amines is 2. The first-order chi connectivity index (χ1) is 18.6. The van der Waals surface area contributed by atoms with E-state index in [0.717, 1.165) is 12.1 Å². The number of nitro benzene ring substituents is 1. The number of nitrogens with zero attached hydrogens (tertiary/aromatic N) is 3. The molecule has 3 N–H and O–H groups in total. The van der Waals surface area contributed by atoms with Gasteiger partial charge < -0.3 is 5.11 Å². The number of phenols is 1. The predicted molar refractivity (Wildman–Crippen MR) is 148 cm³/mol. The second-order valence-electron chi connectivity index (χ2n) is 8.92. The molecule has 0 atom stereocenters. The van der Waals surface area contributed by atoms with Gasteiger partial charge in [-0.05, 0) is 44.2 Å². The van der Waals surface area contributed by atoms with Crippen LogP contribution in [0.1, 0.15) is 34.0 Å². The zero-order chi connectivity index (χ0) is 28.0. The maximum atomic E-state index is 13.9. The summed E-state index contributed by atoms with van der Waals surface area (Å²) in [5, 5.41) is 29.1. The van der Waals surface area contributed by atoms with Gasteiger partial charge in [-0.3, -0.25) is 29.9 Å². The molecule has 12 heteroatoms. The first-order valence-electron chi connectivity index (χ1n) is 11.7. The summed E-state index contributed by atoms with van der Waals surface area (Å²) in [6.45, 7) is 3.28. The van der Waals surface area contributed by atoms with Gasteiger partial charge in [0, 0.05) is 29.1 Å². The van der Waals surface area contributed by atoms with Crippen molar-refractivity contribution in [2.45, 2.75) is 19.8 Å². The molecule has 198 valence electrons. The van der Waals surface area contributed by atoms with Crippen LogP contribution in [0.15, 0.2) is 76.3 Å². The van der Waals surface area contributed by atoms with E-state index in [4.69, 9.17) is 23.2 Å². The van der Waals surface area contributed by atoms with Gasteiger partial charge in [-0.1, -0.05) is 47.5 Å². The Labute approximate surface area is 230 Å². The first kappa shape index (κ1) is 26.1. The molecule has 5 aromatic rings. The average molecular weight is 566 g/mol. The Kier molecular flexibility index (Phi) is 6.67. The highest BCUT2D eigenvalue weighted by molar-refractivity contribution is 6.32. The molecule has 0 radical (unpaired) electrons. The number of rotatable bonds is 6. The van der Waals surface area contributed by atoms with Crippen molar-refractivity contribution in [3.8, 4) is 17.1 Å². The number of hydrogen-bond acceptors (Lipinski definition) is 5. The standard InChI is InChI=1S/C27H21Cl2N5O5/c1-14-23(26(36)32(30-14)20-9-5-3-7-18(20)28)25(17-13-16(34(38)39)11-12-22(17)35)24-15(2)31-33(27(24)37)21-10-6-4-8-19(21)29/h3-13,25,30-31,35H,1-2H3. The Morgan fingerprint density at radius 1 is 0.821 bits per heavy atom. The third-order valence-electron chi connectivity index (χ3n) is 6.53. The van der Waals surface area contributed by atoms with E-state index in [2.05, 4.69) is 10.2 Å². The van der Waals surface area contributed by atoms with Gasteiger partial charge in [-0.2, -0.15) is 0 Å². The summed E-state index contributed by atoms with van der Waals surface area (Å²) < 4.78 is 2.48. The molecule has 0 bridgehead atoms. The van der Waals surface area contributed by atoms with Crippen LogP contribution < -0.4 is 11.1 Å². The number of phenolic OH excluding ortho intramolecular Hbond substituents is 1. The molecule has 0 unspecified atom stereocenters. The lowest BCUT2D eigenvalue weighted by Gasteiger charge is -2.17. The van der Waals surface area contributed by atoms with Crippen LogP contribution >= 0.6 is 23.2 Å². The van der Waals surface area contributed by atoms with Crippen LogP contribution in [0.3, 0.4) is 0 Å². The van der Waals surface area contributed by atoms with Crippen LogP contribution in [0.4, 0.5) is 5.69 Å². The van der Waals surface area contributed by atoms with Crippen LogP contribution in [0.25, 0.3) is 11.4 Å². The van der Waals surface area contributed by atoms with E-state index < -0.39 is 22.0 Å². The molecule has 39 heavy (non-hydrogen) atoms. The Bertz CT molecular complexity index is 1760. The second-order valence-corrected chi connectivity index (χ2v) is 9.73. The van der Waals surface area contributed by atoms with Crippen LogP contribution in [0.2, 0.25) is 10.0 Å². The number of non-ortho nitro benzene ring substituents is 1. The fraction of sp³-hybridized carbons (Fsp3) is 0.111. The van der Waals surface area contributed by atoms with E-state index in [1.807, 2.05) is 0 Å². The van der Waals surface area contributed by atoms with Gasteiger partial charge in [-0.15, -0.1) is 0 Å². The van der Waals surface area contributed by atoms with Gasteiger partial charge in [0.1, 0.15) is 5.75 Å². The van der Waals surface area contributed by atoms with E-state index in [9.17, 15) is 24.8 Å². The molecule has 0 saturated carbocycles. The third-order valence-corrected chi connectivity index (χ3v) is 7.17. The van der Waals surface area contributed by atoms with Crippen molar-refractivity contribution in [3.05, 3.63) is 136 Å². The Morgan fingerprint density at radius 3 is 1.72 bits per heavy atom. The number of aromatic nitrogens is 4. The Balaban J connectivity index is 1.85. The maximum absolute atomic E-state index is 13.9. The van der Waals surface area contributed by atoms with Crippen molar-refractivity contribution in [1.82, 2.24) is 19.6 Å². The summed E-state index contributed by atoms with van der Waals surface area (Å²) in [5.41, 5.74) is 0.334.